The van der Waals surface area contributed by atoms with Gasteiger partial charge in [0, 0.05) is 25.2 Å². The van der Waals surface area contributed by atoms with E-state index in [1.54, 1.807) is 36.0 Å². The molecule has 8 nitrogen and oxygen atoms in total. The number of carbonyl (C=O) groups excluding carboxylic acids is 1. The van der Waals surface area contributed by atoms with Gasteiger partial charge in [0.2, 0.25) is 0 Å². The zero-order chi connectivity index (χ0) is 26.0. The number of thiocarbonyl (C=S) groups is 1. The van der Waals surface area contributed by atoms with Gasteiger partial charge in [-0.15, -0.1) is 0 Å². The molecule has 0 N–H and O–H groups in total. The predicted octanol–water partition coefficient (Wildman–Crippen LogP) is 4.44. The molecule has 0 aromatic carbocycles. The number of rotatable bonds is 7. The highest BCUT2D eigenvalue weighted by atomic mass is 32.2. The Morgan fingerprint density at radius 3 is 2.61 bits per heavy atom. The van der Waals surface area contributed by atoms with Gasteiger partial charge in [-0.3, -0.25) is 19.1 Å². The van der Waals surface area contributed by atoms with E-state index < -0.39 is 0 Å². The number of hydrogen-bond donors (Lipinski definition) is 0. The smallest absolute Gasteiger partial charge is 0.270 e. The summed E-state index contributed by atoms with van der Waals surface area (Å²) in [5.41, 5.74) is 1.06. The Morgan fingerprint density at radius 2 is 2.00 bits per heavy atom. The molecule has 2 aromatic rings. The first-order chi connectivity index (χ1) is 17.2. The summed E-state index contributed by atoms with van der Waals surface area (Å²) in [6, 6.07) is 5.67. The van der Waals surface area contributed by atoms with Crippen LogP contribution in [0.1, 0.15) is 56.1 Å². The molecule has 2 fully saturated rings. The Kier molecular flexibility index (Phi) is 8.03. The third-order valence-corrected chi connectivity index (χ3v) is 7.72. The van der Waals surface area contributed by atoms with Crippen LogP contribution in [0.25, 0.3) is 6.08 Å². The van der Waals surface area contributed by atoms with Crippen molar-refractivity contribution < 1.29 is 13.9 Å². The maximum Gasteiger partial charge on any atom is 0.270 e. The van der Waals surface area contributed by atoms with Crippen LogP contribution >= 0.6 is 24.0 Å². The quantitative estimate of drug-likeness (QED) is 0.386. The number of unbranched alkanes of at least 4 members (excludes halogenated alkanes) is 1. The molecule has 190 valence electrons. The van der Waals surface area contributed by atoms with Crippen LogP contribution in [-0.4, -0.2) is 45.0 Å². The molecule has 1 amide bonds. The molecule has 0 saturated carbocycles. The van der Waals surface area contributed by atoms with Gasteiger partial charge in [-0.25, -0.2) is 0 Å². The van der Waals surface area contributed by atoms with Crippen molar-refractivity contribution in [3.63, 3.8) is 0 Å². The number of morpholine rings is 1. The third-order valence-electron chi connectivity index (χ3n) is 6.34. The lowest BCUT2D eigenvalue weighted by atomic mass is 10.0. The number of aromatic nitrogens is 1. The molecule has 2 aliphatic heterocycles. The summed E-state index contributed by atoms with van der Waals surface area (Å²) >= 11 is 6.73. The Balaban J connectivity index is 1.86. The molecule has 4 rings (SSSR count). The van der Waals surface area contributed by atoms with Gasteiger partial charge < -0.3 is 14.1 Å². The fourth-order valence-electron chi connectivity index (χ4n) is 4.69. The minimum absolute atomic E-state index is 0.0289. The van der Waals surface area contributed by atoms with Crippen LogP contribution < -0.4 is 10.5 Å². The van der Waals surface area contributed by atoms with Crippen LogP contribution in [0, 0.1) is 18.3 Å². The summed E-state index contributed by atoms with van der Waals surface area (Å²) in [5.74, 6) is 1.14. The molecular weight excluding hydrogens is 496 g/mol. The van der Waals surface area contributed by atoms with Crippen molar-refractivity contribution in [2.24, 2.45) is 0 Å². The van der Waals surface area contributed by atoms with E-state index in [9.17, 15) is 14.9 Å². The first-order valence-corrected chi connectivity index (χ1v) is 13.3. The second kappa shape index (κ2) is 11.0. The average Bonchev–Trinajstić information content (AvgIpc) is 3.43. The zero-order valence-corrected chi connectivity index (χ0v) is 22.6. The Hall–Kier alpha value is -2.87. The largest absolute Gasteiger partial charge is 0.467 e. The van der Waals surface area contributed by atoms with Gasteiger partial charge in [0.05, 0.1) is 29.9 Å². The number of amides is 1. The van der Waals surface area contributed by atoms with Crippen LogP contribution in [0.5, 0.6) is 0 Å². The van der Waals surface area contributed by atoms with Crippen molar-refractivity contribution in [3.8, 4) is 6.07 Å². The molecule has 4 heterocycles. The van der Waals surface area contributed by atoms with Crippen molar-refractivity contribution in [1.29, 1.82) is 5.26 Å². The second-order valence-corrected chi connectivity index (χ2v) is 10.8. The molecule has 10 heteroatoms. The predicted molar refractivity (Wildman–Crippen MR) is 145 cm³/mol. The fraction of sp³-hybridized carbons (Fsp3) is 0.462. The molecule has 0 radical (unpaired) electrons. The van der Waals surface area contributed by atoms with Crippen LogP contribution in [-0.2, 0) is 22.6 Å². The summed E-state index contributed by atoms with van der Waals surface area (Å²) in [5, 5.41) is 9.87. The van der Waals surface area contributed by atoms with Crippen LogP contribution in [0.3, 0.4) is 0 Å². The topological polar surface area (TPSA) is 91.7 Å². The van der Waals surface area contributed by atoms with E-state index in [1.807, 2.05) is 13.8 Å². The van der Waals surface area contributed by atoms with Gasteiger partial charge in [-0.2, -0.15) is 5.26 Å². The van der Waals surface area contributed by atoms with Crippen molar-refractivity contribution in [3.05, 3.63) is 56.1 Å². The lowest BCUT2D eigenvalue weighted by Crippen LogP contribution is -2.48. The number of furan rings is 1. The molecule has 2 atom stereocenters. The standard InChI is InChI=1S/C26H30N4O4S2/c1-5-6-9-29-23(28-13-16(2)34-17(3)14-28)20(18(4)21(12-27)24(29)31)11-22-25(32)30(26(35)36-22)15-19-8-7-10-33-19/h7-8,10-11,16-17H,5-6,9,13-15H2,1-4H3. The molecule has 2 unspecified atom stereocenters. The molecule has 2 aliphatic rings. The van der Waals surface area contributed by atoms with E-state index >= 15 is 0 Å². The maximum atomic E-state index is 13.4. The summed E-state index contributed by atoms with van der Waals surface area (Å²) in [6.07, 6.45) is 4.99. The Morgan fingerprint density at radius 1 is 1.28 bits per heavy atom. The monoisotopic (exact) mass is 526 g/mol. The highest BCUT2D eigenvalue weighted by Gasteiger charge is 2.34. The van der Waals surface area contributed by atoms with Gasteiger partial charge in [0.15, 0.2) is 0 Å². The minimum Gasteiger partial charge on any atom is -0.467 e. The molecule has 36 heavy (non-hydrogen) atoms. The number of anilines is 1. The summed E-state index contributed by atoms with van der Waals surface area (Å²) in [7, 11) is 0. The van der Waals surface area contributed by atoms with Crippen LogP contribution in [0.4, 0.5) is 5.82 Å². The molecular formula is C26H30N4O4S2. The molecule has 0 aliphatic carbocycles. The lowest BCUT2D eigenvalue weighted by molar-refractivity contribution is -0.122. The fourth-order valence-corrected chi connectivity index (χ4v) is 5.92. The molecule has 0 bridgehead atoms. The molecule has 2 aromatic heterocycles. The number of thioether (sulfide) groups is 1. The van der Waals surface area contributed by atoms with Gasteiger partial charge in [0.25, 0.3) is 11.5 Å². The summed E-state index contributed by atoms with van der Waals surface area (Å²) in [6.45, 7) is 9.78. The summed E-state index contributed by atoms with van der Waals surface area (Å²) in [4.78, 5) is 30.9. The van der Waals surface area contributed by atoms with Crippen molar-refractivity contribution >= 4 is 46.1 Å². The molecule has 2 saturated heterocycles. The van der Waals surface area contributed by atoms with Gasteiger partial charge >= 0.3 is 0 Å². The van der Waals surface area contributed by atoms with E-state index in [0.717, 1.165) is 18.7 Å². The Labute approximate surface area is 220 Å². The van der Waals surface area contributed by atoms with E-state index in [0.29, 0.717) is 45.7 Å². The number of pyridine rings is 1. The van der Waals surface area contributed by atoms with Gasteiger partial charge in [0.1, 0.15) is 27.5 Å². The third kappa shape index (κ3) is 5.14. The molecule has 0 spiro atoms. The highest BCUT2D eigenvalue weighted by molar-refractivity contribution is 8.26. The van der Waals surface area contributed by atoms with E-state index in [1.165, 1.54) is 16.7 Å². The van der Waals surface area contributed by atoms with Crippen LogP contribution in [0.2, 0.25) is 0 Å². The second-order valence-electron chi connectivity index (χ2n) is 9.17. The van der Waals surface area contributed by atoms with E-state index in [-0.39, 0.29) is 35.8 Å². The number of ether oxygens (including phenoxy) is 1. The van der Waals surface area contributed by atoms with Crippen LogP contribution in [0.15, 0.2) is 32.5 Å². The Bertz CT molecular complexity index is 1280. The maximum absolute atomic E-state index is 13.4. The van der Waals surface area contributed by atoms with Crippen molar-refractivity contribution in [1.82, 2.24) is 9.47 Å². The number of nitrogens with zero attached hydrogens (tertiary/aromatic N) is 4. The van der Waals surface area contributed by atoms with E-state index in [2.05, 4.69) is 17.9 Å². The zero-order valence-electron chi connectivity index (χ0n) is 20.9. The lowest BCUT2D eigenvalue weighted by Gasteiger charge is -2.39. The first kappa shape index (κ1) is 26.2. The SMILES string of the molecule is CCCCn1c(N2CC(C)OC(C)C2)c(C=C2SC(=S)N(Cc3ccco3)C2=O)c(C)c(C#N)c1=O. The average molecular weight is 527 g/mol. The number of nitriles is 1. The van der Waals surface area contributed by atoms with Crippen molar-refractivity contribution in [2.75, 3.05) is 18.0 Å². The normalized spacial score (nSPS) is 21.5. The highest BCUT2D eigenvalue weighted by Crippen LogP contribution is 2.37. The van der Waals surface area contributed by atoms with Crippen molar-refractivity contribution in [2.45, 2.75) is 65.8 Å². The van der Waals surface area contributed by atoms with E-state index in [4.69, 9.17) is 21.4 Å². The minimum atomic E-state index is -0.298. The number of carbonyl (C=O) groups is 1. The van der Waals surface area contributed by atoms with Gasteiger partial charge in [-0.1, -0.05) is 37.3 Å². The first-order valence-electron chi connectivity index (χ1n) is 12.1. The van der Waals surface area contributed by atoms with Gasteiger partial charge in [-0.05, 0) is 51.0 Å². The summed E-state index contributed by atoms with van der Waals surface area (Å²) < 4.78 is 13.5. The number of hydrogen-bond acceptors (Lipinski definition) is 8.